The highest BCUT2D eigenvalue weighted by Crippen LogP contribution is 2.20. The Hall–Kier alpha value is -1.66. The number of esters is 1. The number of ether oxygens (including phenoxy) is 1. The van der Waals surface area contributed by atoms with E-state index in [0.717, 1.165) is 44.9 Å². The Bertz CT molecular complexity index is 1330. The molecule has 6 heteroatoms. The van der Waals surface area contributed by atoms with Crippen molar-refractivity contribution in [1.29, 1.82) is 0 Å². The molecule has 0 aliphatic heterocycles. The SMILES string of the molecule is CCCCC/C=C\C/C=C\CCCCCCCCCCCC(=O)OCCCCCCCCCCCCCCCCCCCCCCCCCCCCCCCCCCCCCCCC(=O)NC(CO)C(O)CCCCCCCCCCCCCC. The molecular weight excluding hydrogens is 1040 g/mol. The minimum absolute atomic E-state index is 0.0204. The van der Waals surface area contributed by atoms with E-state index in [1.807, 2.05) is 0 Å². The van der Waals surface area contributed by atoms with E-state index in [1.54, 1.807) is 0 Å². The molecule has 1 amide bonds. The van der Waals surface area contributed by atoms with Crippen LogP contribution in [0.5, 0.6) is 0 Å². The summed E-state index contributed by atoms with van der Waals surface area (Å²) in [4.78, 5) is 24.6. The summed E-state index contributed by atoms with van der Waals surface area (Å²) in [6, 6.07) is -0.535. The van der Waals surface area contributed by atoms with E-state index in [0.29, 0.717) is 25.9 Å². The van der Waals surface area contributed by atoms with Crippen LogP contribution in [-0.4, -0.2) is 47.4 Å². The van der Waals surface area contributed by atoms with Gasteiger partial charge in [-0.3, -0.25) is 9.59 Å². The van der Waals surface area contributed by atoms with E-state index in [2.05, 4.69) is 43.5 Å². The molecule has 0 bridgehead atoms. The molecule has 0 aliphatic rings. The maximum absolute atomic E-state index is 12.5. The zero-order valence-electron chi connectivity index (χ0n) is 57.9. The summed E-state index contributed by atoms with van der Waals surface area (Å²) in [6.45, 7) is 4.96. The van der Waals surface area contributed by atoms with Crippen LogP contribution in [-0.2, 0) is 14.3 Å². The third-order valence-electron chi connectivity index (χ3n) is 18.5. The molecule has 3 N–H and O–H groups in total. The molecule has 0 saturated carbocycles. The zero-order valence-corrected chi connectivity index (χ0v) is 57.9. The number of nitrogens with one attached hydrogen (secondary N) is 1. The lowest BCUT2D eigenvalue weighted by Crippen LogP contribution is -2.45. The van der Waals surface area contributed by atoms with Crippen molar-refractivity contribution >= 4 is 11.9 Å². The van der Waals surface area contributed by atoms with Crippen molar-refractivity contribution in [2.24, 2.45) is 0 Å². The molecule has 2 unspecified atom stereocenters. The fourth-order valence-corrected chi connectivity index (χ4v) is 12.6. The van der Waals surface area contributed by atoms with Gasteiger partial charge in [-0.15, -0.1) is 0 Å². The van der Waals surface area contributed by atoms with Gasteiger partial charge in [-0.05, 0) is 57.8 Å². The summed E-state index contributed by atoms with van der Waals surface area (Å²) >= 11 is 0. The largest absolute Gasteiger partial charge is 0.466 e. The van der Waals surface area contributed by atoms with E-state index in [9.17, 15) is 19.8 Å². The Morgan fingerprint density at radius 3 is 0.918 bits per heavy atom. The summed E-state index contributed by atoms with van der Waals surface area (Å²) in [5, 5.41) is 23.3. The Balaban J connectivity index is 3.27. The molecule has 2 atom stereocenters. The van der Waals surface area contributed by atoms with Crippen LogP contribution >= 0.6 is 0 Å². The molecule has 0 aromatic rings. The van der Waals surface area contributed by atoms with Crippen LogP contribution in [0.2, 0.25) is 0 Å². The van der Waals surface area contributed by atoms with Gasteiger partial charge in [0.05, 0.1) is 25.4 Å². The highest BCUT2D eigenvalue weighted by Gasteiger charge is 2.20. The van der Waals surface area contributed by atoms with Gasteiger partial charge in [-0.25, -0.2) is 0 Å². The van der Waals surface area contributed by atoms with E-state index < -0.39 is 12.1 Å². The van der Waals surface area contributed by atoms with Crippen LogP contribution in [0.25, 0.3) is 0 Å². The fraction of sp³-hybridized carbons (Fsp3) is 0.924. The van der Waals surface area contributed by atoms with E-state index in [-0.39, 0.29) is 18.5 Å². The van der Waals surface area contributed by atoms with Gasteiger partial charge in [-0.2, -0.15) is 0 Å². The van der Waals surface area contributed by atoms with Crippen LogP contribution in [0.4, 0.5) is 0 Å². The van der Waals surface area contributed by atoms with Gasteiger partial charge >= 0.3 is 5.97 Å². The molecule has 0 spiro atoms. The second-order valence-electron chi connectivity index (χ2n) is 27.0. The standard InChI is InChI=1S/C79H153NO5/c1-3-5-7-9-11-13-15-17-18-19-39-43-46-49-53-57-61-65-69-73-79(84)85-74-70-66-62-58-54-50-47-44-41-38-36-34-32-30-28-26-24-22-20-21-23-25-27-29-31-33-35-37-40-42-45-48-52-56-60-64-68-72-78(83)80-76(75-81)77(82)71-67-63-59-55-51-16-14-12-10-8-6-4-2/h11,13,17-18,76-77,81-82H,3-10,12,14-16,19-75H2,1-2H3,(H,80,83)/b13-11-,18-17-. The van der Waals surface area contributed by atoms with Gasteiger partial charge < -0.3 is 20.3 Å². The Kier molecular flexibility index (Phi) is 73.3. The third-order valence-corrected chi connectivity index (χ3v) is 18.5. The first-order valence-electron chi connectivity index (χ1n) is 39.1. The first-order valence-corrected chi connectivity index (χ1v) is 39.1. The van der Waals surface area contributed by atoms with E-state index in [4.69, 9.17) is 4.74 Å². The Labute approximate surface area is 532 Å². The molecular formula is C79H153NO5. The van der Waals surface area contributed by atoms with Crippen molar-refractivity contribution in [1.82, 2.24) is 5.32 Å². The van der Waals surface area contributed by atoms with Crippen LogP contribution in [0.1, 0.15) is 444 Å². The first-order chi connectivity index (χ1) is 42.0. The first kappa shape index (κ1) is 83.3. The minimum atomic E-state index is -0.658. The van der Waals surface area contributed by atoms with Gasteiger partial charge in [0.2, 0.25) is 5.91 Å². The van der Waals surface area contributed by atoms with Crippen molar-refractivity contribution in [2.45, 2.75) is 456 Å². The Morgan fingerprint density at radius 2 is 0.588 bits per heavy atom. The number of allylic oxidation sites excluding steroid dienone is 4. The van der Waals surface area contributed by atoms with Crippen molar-refractivity contribution < 1.29 is 24.5 Å². The molecule has 6 nitrogen and oxygen atoms in total. The molecule has 0 fully saturated rings. The maximum atomic E-state index is 12.5. The topological polar surface area (TPSA) is 95.9 Å². The molecule has 0 aromatic heterocycles. The summed E-state index contributed by atoms with van der Waals surface area (Å²) in [5.41, 5.74) is 0. The number of unbranched alkanes of at least 4 members (excludes halogenated alkanes) is 59. The van der Waals surface area contributed by atoms with Crippen LogP contribution in [0, 0.1) is 0 Å². The number of amides is 1. The van der Waals surface area contributed by atoms with Gasteiger partial charge in [-0.1, -0.05) is 398 Å². The average molecular weight is 1200 g/mol. The predicted octanol–water partition coefficient (Wildman–Crippen LogP) is 25.7. The second-order valence-corrected chi connectivity index (χ2v) is 27.0. The number of hydrogen-bond acceptors (Lipinski definition) is 5. The number of carbonyl (C=O) groups is 2. The fourth-order valence-electron chi connectivity index (χ4n) is 12.6. The predicted molar refractivity (Wildman–Crippen MR) is 375 cm³/mol. The summed E-state index contributed by atoms with van der Waals surface area (Å²) in [7, 11) is 0. The van der Waals surface area contributed by atoms with Gasteiger partial charge in [0.25, 0.3) is 0 Å². The maximum Gasteiger partial charge on any atom is 0.305 e. The van der Waals surface area contributed by atoms with E-state index in [1.165, 1.54) is 366 Å². The molecule has 0 rings (SSSR count). The van der Waals surface area contributed by atoms with Gasteiger partial charge in [0.15, 0.2) is 0 Å². The zero-order chi connectivity index (χ0) is 61.3. The quantitative estimate of drug-likeness (QED) is 0.0320. The van der Waals surface area contributed by atoms with Crippen LogP contribution < -0.4 is 5.32 Å². The Morgan fingerprint density at radius 1 is 0.329 bits per heavy atom. The van der Waals surface area contributed by atoms with Crippen molar-refractivity contribution in [3.05, 3.63) is 24.3 Å². The second kappa shape index (κ2) is 74.8. The summed E-state index contributed by atoms with van der Waals surface area (Å²) in [5.74, 6) is -0.00674. The monoisotopic (exact) mass is 1200 g/mol. The third kappa shape index (κ3) is 71.3. The number of aliphatic hydroxyl groups excluding tert-OH is 2. The number of hydrogen-bond donors (Lipinski definition) is 3. The van der Waals surface area contributed by atoms with Crippen molar-refractivity contribution in [3.63, 3.8) is 0 Å². The smallest absolute Gasteiger partial charge is 0.305 e. The van der Waals surface area contributed by atoms with Gasteiger partial charge in [0.1, 0.15) is 0 Å². The molecule has 0 saturated heterocycles. The highest BCUT2D eigenvalue weighted by atomic mass is 16.5. The van der Waals surface area contributed by atoms with Crippen LogP contribution in [0.3, 0.4) is 0 Å². The lowest BCUT2D eigenvalue weighted by molar-refractivity contribution is -0.143. The number of rotatable bonds is 74. The summed E-state index contributed by atoms with van der Waals surface area (Å²) in [6.07, 6.45) is 95.7. The van der Waals surface area contributed by atoms with Gasteiger partial charge in [0, 0.05) is 12.8 Å². The van der Waals surface area contributed by atoms with E-state index >= 15 is 0 Å². The van der Waals surface area contributed by atoms with Crippen LogP contribution in [0.15, 0.2) is 24.3 Å². The minimum Gasteiger partial charge on any atom is -0.466 e. The summed E-state index contributed by atoms with van der Waals surface area (Å²) < 4.78 is 5.52. The molecule has 0 heterocycles. The highest BCUT2D eigenvalue weighted by molar-refractivity contribution is 5.76. The van der Waals surface area contributed by atoms with Crippen molar-refractivity contribution in [2.75, 3.05) is 13.2 Å². The number of carbonyl (C=O) groups excluding carboxylic acids is 2. The normalized spacial score (nSPS) is 12.6. The van der Waals surface area contributed by atoms with Crippen molar-refractivity contribution in [3.8, 4) is 0 Å². The molecule has 85 heavy (non-hydrogen) atoms. The molecule has 504 valence electrons. The average Bonchev–Trinajstić information content (AvgIpc) is 3.52. The molecule has 0 radical (unpaired) electrons. The lowest BCUT2D eigenvalue weighted by atomic mass is 10.0. The number of aliphatic hydroxyl groups is 2. The lowest BCUT2D eigenvalue weighted by Gasteiger charge is -2.22. The molecule has 0 aliphatic carbocycles. The molecule has 0 aromatic carbocycles.